The number of cyclic esters (lactones) is 2. The molecule has 0 unspecified atom stereocenters. The van der Waals surface area contributed by atoms with Crippen LogP contribution in [-0.2, 0) is 14.3 Å². The zero-order chi connectivity index (χ0) is 10.8. The molecule has 0 saturated carbocycles. The molecule has 14 heavy (non-hydrogen) atoms. The third kappa shape index (κ3) is 7.66. The molecule has 0 aromatic rings. The van der Waals surface area contributed by atoms with E-state index in [0.29, 0.717) is 13.1 Å². The van der Waals surface area contributed by atoms with Crippen molar-refractivity contribution in [2.45, 2.75) is 12.8 Å². The smallest absolute Gasteiger partial charge is 0.314 e. The molecule has 1 fully saturated rings. The van der Waals surface area contributed by atoms with Crippen LogP contribution in [0.1, 0.15) is 12.8 Å². The van der Waals surface area contributed by atoms with E-state index in [9.17, 15) is 9.59 Å². The number of nitrogens with two attached hydrogens (primary N) is 2. The zero-order valence-electron chi connectivity index (χ0n) is 8.12. The Balaban J connectivity index is 0.000000241. The van der Waals surface area contributed by atoms with Crippen LogP contribution < -0.4 is 16.8 Å². The molecule has 0 aromatic heterocycles. The van der Waals surface area contributed by atoms with Crippen LogP contribution >= 0.6 is 0 Å². The van der Waals surface area contributed by atoms with E-state index >= 15 is 0 Å². The van der Waals surface area contributed by atoms with E-state index in [1.807, 2.05) is 0 Å². The summed E-state index contributed by atoms with van der Waals surface area (Å²) in [4.78, 5) is 20.0. The molecular weight excluding hydrogens is 186 g/mol. The summed E-state index contributed by atoms with van der Waals surface area (Å²) in [7, 11) is 0. The number of nitrogens with one attached hydrogen (secondary N) is 1. The molecule has 0 radical (unpaired) electrons. The van der Waals surface area contributed by atoms with Gasteiger partial charge in [0.1, 0.15) is 0 Å². The van der Waals surface area contributed by atoms with Gasteiger partial charge in [-0.3, -0.25) is 9.59 Å². The first-order chi connectivity index (χ1) is 6.70. The van der Waals surface area contributed by atoms with Crippen LogP contribution in [0.3, 0.4) is 0 Å². The minimum Gasteiger partial charge on any atom is -0.393 e. The predicted molar refractivity (Wildman–Crippen MR) is 51.3 cm³/mol. The first-order valence-electron chi connectivity index (χ1n) is 4.55. The Kier molecular flexibility index (Phi) is 8.01. The predicted octanol–water partition coefficient (Wildman–Crippen LogP) is -1.66. The van der Waals surface area contributed by atoms with Crippen LogP contribution in [0.5, 0.6) is 0 Å². The monoisotopic (exact) mass is 203 g/mol. The molecule has 1 rings (SSSR count). The van der Waals surface area contributed by atoms with E-state index in [0.717, 1.165) is 13.1 Å². The molecular formula is C8H17N3O3. The number of esters is 2. The molecule has 1 heterocycles. The van der Waals surface area contributed by atoms with Crippen molar-refractivity contribution in [1.82, 2.24) is 5.32 Å². The number of carbonyl (C=O) groups is 2. The first-order valence-corrected chi connectivity index (χ1v) is 4.55. The van der Waals surface area contributed by atoms with Gasteiger partial charge in [0.2, 0.25) is 0 Å². The average molecular weight is 203 g/mol. The van der Waals surface area contributed by atoms with E-state index < -0.39 is 11.9 Å². The maximum atomic E-state index is 10.0. The fourth-order valence-corrected chi connectivity index (χ4v) is 0.762. The van der Waals surface area contributed by atoms with Gasteiger partial charge in [-0.2, -0.15) is 0 Å². The normalized spacial score (nSPS) is 14.7. The van der Waals surface area contributed by atoms with Gasteiger partial charge in [0.15, 0.2) is 0 Å². The Morgan fingerprint density at radius 1 is 1.07 bits per heavy atom. The minimum atomic E-state index is -0.398. The minimum absolute atomic E-state index is 0.263. The molecule has 0 amide bonds. The van der Waals surface area contributed by atoms with E-state index in [2.05, 4.69) is 10.1 Å². The summed E-state index contributed by atoms with van der Waals surface area (Å²) in [6.45, 7) is 3.13. The number of carbonyl (C=O) groups excluding carboxylic acids is 2. The highest BCUT2D eigenvalue weighted by Gasteiger charge is 2.19. The molecule has 0 bridgehead atoms. The quantitative estimate of drug-likeness (QED) is 0.287. The summed E-state index contributed by atoms with van der Waals surface area (Å²) in [6.07, 6.45) is 0.525. The molecule has 1 aliphatic rings. The van der Waals surface area contributed by atoms with Crippen molar-refractivity contribution in [2.24, 2.45) is 11.5 Å². The molecule has 5 N–H and O–H groups in total. The molecule has 0 spiro atoms. The third-order valence-corrected chi connectivity index (χ3v) is 1.40. The van der Waals surface area contributed by atoms with Crippen LogP contribution in [-0.4, -0.2) is 38.1 Å². The second kappa shape index (κ2) is 8.61. The highest BCUT2D eigenvalue weighted by molar-refractivity contribution is 5.92. The summed E-state index contributed by atoms with van der Waals surface area (Å²) < 4.78 is 4.08. The number of hydrogen-bond donors (Lipinski definition) is 3. The average Bonchev–Trinajstić information content (AvgIpc) is 2.52. The Labute approximate surface area is 83.0 Å². The van der Waals surface area contributed by atoms with Gasteiger partial charge < -0.3 is 21.5 Å². The van der Waals surface area contributed by atoms with Crippen molar-refractivity contribution in [1.29, 1.82) is 0 Å². The fraction of sp³-hybridized carbons (Fsp3) is 0.750. The Morgan fingerprint density at radius 2 is 1.50 bits per heavy atom. The van der Waals surface area contributed by atoms with Crippen molar-refractivity contribution >= 4 is 11.9 Å². The van der Waals surface area contributed by atoms with E-state index in [-0.39, 0.29) is 12.8 Å². The van der Waals surface area contributed by atoms with Gasteiger partial charge in [-0.25, -0.2) is 0 Å². The van der Waals surface area contributed by atoms with Crippen LogP contribution in [0.4, 0.5) is 0 Å². The zero-order valence-corrected chi connectivity index (χ0v) is 8.12. The molecule has 82 valence electrons. The SMILES string of the molecule is NCCNCCN.O=C1CCC(=O)O1. The standard InChI is InChI=1S/C4H13N3.C4H4O3/c5-1-3-7-4-2-6;5-3-1-2-4(6)7-3/h7H,1-6H2;1-2H2. The second-order valence-electron chi connectivity index (χ2n) is 2.67. The Bertz CT molecular complexity index is 167. The van der Waals surface area contributed by atoms with Crippen molar-refractivity contribution in [3.05, 3.63) is 0 Å². The lowest BCUT2D eigenvalue weighted by Gasteiger charge is -1.95. The highest BCUT2D eigenvalue weighted by atomic mass is 16.6. The van der Waals surface area contributed by atoms with Gasteiger partial charge in [-0.05, 0) is 0 Å². The topological polar surface area (TPSA) is 107 Å². The molecule has 1 saturated heterocycles. The number of rotatable bonds is 4. The van der Waals surface area contributed by atoms with Crippen molar-refractivity contribution < 1.29 is 14.3 Å². The summed E-state index contributed by atoms with van der Waals surface area (Å²) in [5.41, 5.74) is 10.3. The van der Waals surface area contributed by atoms with Crippen LogP contribution in [0.2, 0.25) is 0 Å². The lowest BCUT2D eigenvalue weighted by atomic mass is 10.4. The van der Waals surface area contributed by atoms with E-state index in [1.165, 1.54) is 0 Å². The maximum Gasteiger partial charge on any atom is 0.314 e. The molecule has 1 aliphatic heterocycles. The highest BCUT2D eigenvalue weighted by Crippen LogP contribution is 2.03. The largest absolute Gasteiger partial charge is 0.393 e. The summed E-state index contributed by atoms with van der Waals surface area (Å²) in [6, 6.07) is 0. The molecule has 6 nitrogen and oxygen atoms in total. The lowest BCUT2D eigenvalue weighted by Crippen LogP contribution is -2.27. The molecule has 6 heteroatoms. The first kappa shape index (κ1) is 13.0. The van der Waals surface area contributed by atoms with Crippen LogP contribution in [0.15, 0.2) is 0 Å². The fourth-order valence-electron chi connectivity index (χ4n) is 0.762. The van der Waals surface area contributed by atoms with Gasteiger partial charge in [0.25, 0.3) is 0 Å². The summed E-state index contributed by atoms with van der Waals surface area (Å²) in [5.74, 6) is -0.796. The lowest BCUT2D eigenvalue weighted by molar-refractivity contribution is -0.151. The Hall–Kier alpha value is -0.980. The van der Waals surface area contributed by atoms with Crippen molar-refractivity contribution in [3.63, 3.8) is 0 Å². The summed E-state index contributed by atoms with van der Waals surface area (Å²) in [5, 5.41) is 3.03. The van der Waals surface area contributed by atoms with Crippen LogP contribution in [0, 0.1) is 0 Å². The third-order valence-electron chi connectivity index (χ3n) is 1.40. The maximum absolute atomic E-state index is 10.0. The van der Waals surface area contributed by atoms with Gasteiger partial charge in [0, 0.05) is 26.2 Å². The van der Waals surface area contributed by atoms with Crippen LogP contribution in [0.25, 0.3) is 0 Å². The number of ether oxygens (including phenoxy) is 1. The van der Waals surface area contributed by atoms with Gasteiger partial charge in [-0.1, -0.05) is 0 Å². The van der Waals surface area contributed by atoms with E-state index in [1.54, 1.807) is 0 Å². The molecule has 0 atom stereocenters. The van der Waals surface area contributed by atoms with Crippen molar-refractivity contribution in [2.75, 3.05) is 26.2 Å². The summed E-state index contributed by atoms with van der Waals surface area (Å²) >= 11 is 0. The number of hydrogen-bond acceptors (Lipinski definition) is 6. The molecule has 0 aromatic carbocycles. The second-order valence-corrected chi connectivity index (χ2v) is 2.67. The van der Waals surface area contributed by atoms with Gasteiger partial charge in [-0.15, -0.1) is 0 Å². The van der Waals surface area contributed by atoms with E-state index in [4.69, 9.17) is 11.5 Å². The van der Waals surface area contributed by atoms with Gasteiger partial charge >= 0.3 is 11.9 Å². The molecule has 0 aliphatic carbocycles. The van der Waals surface area contributed by atoms with Gasteiger partial charge in [0.05, 0.1) is 12.8 Å². The Morgan fingerprint density at radius 3 is 1.71 bits per heavy atom. The van der Waals surface area contributed by atoms with Crippen molar-refractivity contribution in [3.8, 4) is 0 Å².